The predicted octanol–water partition coefficient (Wildman–Crippen LogP) is 5.50. The van der Waals surface area contributed by atoms with Crippen molar-refractivity contribution in [3.63, 3.8) is 0 Å². The number of pyridine rings is 1. The summed E-state index contributed by atoms with van der Waals surface area (Å²) < 4.78 is 4.41. The molecule has 1 aliphatic heterocycles. The number of piperidine rings is 1. The first-order valence-corrected chi connectivity index (χ1v) is 13.8. The van der Waals surface area contributed by atoms with E-state index < -0.39 is 0 Å². The molecule has 0 radical (unpaired) electrons. The van der Waals surface area contributed by atoms with Crippen molar-refractivity contribution >= 4 is 17.1 Å². The summed E-state index contributed by atoms with van der Waals surface area (Å²) in [4.78, 5) is 25.0. The fourth-order valence-electron chi connectivity index (χ4n) is 6.25. The maximum Gasteiger partial charge on any atom is 0.253 e. The number of benzene rings is 1. The molecule has 0 bridgehead atoms. The zero-order valence-corrected chi connectivity index (χ0v) is 21.9. The fourth-order valence-corrected chi connectivity index (χ4v) is 6.25. The van der Waals surface area contributed by atoms with E-state index in [4.69, 9.17) is 9.97 Å². The predicted molar refractivity (Wildman–Crippen MR) is 145 cm³/mol. The van der Waals surface area contributed by atoms with Crippen LogP contribution in [-0.4, -0.2) is 48.2 Å². The van der Waals surface area contributed by atoms with Crippen LogP contribution in [0.2, 0.25) is 0 Å². The van der Waals surface area contributed by atoms with Crippen LogP contribution < -0.4 is 0 Å². The molecule has 1 aromatic carbocycles. The maximum atomic E-state index is 13.3. The summed E-state index contributed by atoms with van der Waals surface area (Å²) in [5.41, 5.74) is 6.07. The lowest BCUT2D eigenvalue weighted by atomic mass is 10.0. The van der Waals surface area contributed by atoms with Crippen LogP contribution >= 0.6 is 0 Å². The number of carbonyl (C=O) groups is 1. The van der Waals surface area contributed by atoms with Gasteiger partial charge in [-0.15, -0.1) is 0 Å². The average Bonchev–Trinajstić information content (AvgIpc) is 3.63. The number of hydrogen-bond donors (Lipinski definition) is 0. The first-order chi connectivity index (χ1) is 18.0. The highest BCUT2D eigenvalue weighted by atomic mass is 16.2. The fraction of sp³-hybridized carbons (Fsp3) is 0.467. The third kappa shape index (κ3) is 4.91. The normalized spacial score (nSPS) is 17.2. The van der Waals surface area contributed by atoms with Gasteiger partial charge in [-0.3, -0.25) is 9.48 Å². The Hall–Kier alpha value is -3.48. The van der Waals surface area contributed by atoms with Gasteiger partial charge in [-0.05, 0) is 68.5 Å². The quantitative estimate of drug-likeness (QED) is 0.353. The third-order valence-corrected chi connectivity index (χ3v) is 8.22. The molecular formula is C30H36N6O. The molecule has 0 spiro atoms. The van der Waals surface area contributed by atoms with E-state index in [2.05, 4.69) is 40.9 Å². The summed E-state index contributed by atoms with van der Waals surface area (Å²) in [6.07, 6.45) is 10.1. The molecule has 37 heavy (non-hydrogen) atoms. The standard InChI is InChI=1S/C30H36N6O/c1-21-18-22(2)35(33-21)20-24-9-11-25(12-10-24)30(37)34-16-13-26(14-17-34)36-28(19-23-6-3-4-7-23)32-27-8-5-15-31-29(27)36/h5,8-12,15,18,23,26H,3-4,6-7,13-14,16-17,19-20H2,1-2H3. The third-order valence-electron chi connectivity index (χ3n) is 8.22. The highest BCUT2D eigenvalue weighted by Crippen LogP contribution is 2.33. The van der Waals surface area contributed by atoms with E-state index in [0.717, 1.165) is 78.5 Å². The van der Waals surface area contributed by atoms with E-state index in [0.29, 0.717) is 6.04 Å². The van der Waals surface area contributed by atoms with Crippen LogP contribution in [0.4, 0.5) is 0 Å². The lowest BCUT2D eigenvalue weighted by Gasteiger charge is -2.33. The molecule has 2 fully saturated rings. The molecule has 4 heterocycles. The van der Waals surface area contributed by atoms with E-state index in [1.807, 2.05) is 40.9 Å². The van der Waals surface area contributed by atoms with E-state index in [-0.39, 0.29) is 5.91 Å². The van der Waals surface area contributed by atoms with Crippen LogP contribution in [0.1, 0.15) is 77.7 Å². The van der Waals surface area contributed by atoms with Crippen LogP contribution in [-0.2, 0) is 13.0 Å². The number of likely N-dealkylation sites (tertiary alicyclic amines) is 1. The molecule has 192 valence electrons. The Bertz CT molecular complexity index is 1390. The largest absolute Gasteiger partial charge is 0.338 e. The average molecular weight is 497 g/mol. The monoisotopic (exact) mass is 496 g/mol. The summed E-state index contributed by atoms with van der Waals surface area (Å²) in [7, 11) is 0. The second-order valence-electron chi connectivity index (χ2n) is 10.9. The summed E-state index contributed by atoms with van der Waals surface area (Å²) in [6, 6.07) is 14.5. The molecular weight excluding hydrogens is 460 g/mol. The molecule has 7 nitrogen and oxygen atoms in total. The van der Waals surface area contributed by atoms with Gasteiger partial charge in [0.2, 0.25) is 0 Å². The topological polar surface area (TPSA) is 68.8 Å². The van der Waals surface area contributed by atoms with Gasteiger partial charge in [-0.2, -0.15) is 5.10 Å². The minimum Gasteiger partial charge on any atom is -0.338 e. The number of amides is 1. The Morgan fingerprint density at radius 1 is 1.00 bits per heavy atom. The van der Waals surface area contributed by atoms with Gasteiger partial charge in [-0.25, -0.2) is 9.97 Å². The van der Waals surface area contributed by atoms with Crippen molar-refractivity contribution in [3.05, 3.63) is 77.0 Å². The second-order valence-corrected chi connectivity index (χ2v) is 10.9. The first-order valence-electron chi connectivity index (χ1n) is 13.8. The van der Waals surface area contributed by atoms with Crippen LogP contribution in [0.3, 0.4) is 0 Å². The van der Waals surface area contributed by atoms with Crippen molar-refractivity contribution in [1.82, 2.24) is 29.2 Å². The number of fused-ring (bicyclic) bond motifs is 1. The lowest BCUT2D eigenvalue weighted by Crippen LogP contribution is -2.39. The number of nitrogens with zero attached hydrogens (tertiary/aromatic N) is 6. The van der Waals surface area contributed by atoms with Crippen LogP contribution in [0, 0.1) is 19.8 Å². The smallest absolute Gasteiger partial charge is 0.253 e. The van der Waals surface area contributed by atoms with Crippen molar-refractivity contribution < 1.29 is 4.79 Å². The van der Waals surface area contributed by atoms with Gasteiger partial charge in [0.05, 0.1) is 12.2 Å². The molecule has 0 atom stereocenters. The second kappa shape index (κ2) is 10.1. The van der Waals surface area contributed by atoms with Gasteiger partial charge in [0.1, 0.15) is 11.3 Å². The Balaban J connectivity index is 1.13. The highest BCUT2D eigenvalue weighted by Gasteiger charge is 2.29. The number of aromatic nitrogens is 5. The highest BCUT2D eigenvalue weighted by molar-refractivity contribution is 5.94. The molecule has 1 amide bonds. The van der Waals surface area contributed by atoms with Crippen LogP contribution in [0.15, 0.2) is 48.7 Å². The summed E-state index contributed by atoms with van der Waals surface area (Å²) >= 11 is 0. The molecule has 1 aliphatic carbocycles. The van der Waals surface area contributed by atoms with Gasteiger partial charge in [0.25, 0.3) is 5.91 Å². The van der Waals surface area contributed by atoms with E-state index in [1.54, 1.807) is 0 Å². The summed E-state index contributed by atoms with van der Waals surface area (Å²) in [5.74, 6) is 2.04. The van der Waals surface area contributed by atoms with Crippen molar-refractivity contribution in [2.24, 2.45) is 5.92 Å². The van der Waals surface area contributed by atoms with Crippen molar-refractivity contribution in [2.75, 3.05) is 13.1 Å². The SMILES string of the molecule is Cc1cc(C)n(Cc2ccc(C(=O)N3CCC(n4c(CC5CCCC5)nc5cccnc54)CC3)cc2)n1. The van der Waals surface area contributed by atoms with Crippen LogP contribution in [0.25, 0.3) is 11.2 Å². The number of imidazole rings is 1. The molecule has 0 unspecified atom stereocenters. The Morgan fingerprint density at radius 3 is 2.46 bits per heavy atom. The van der Waals surface area contributed by atoms with Crippen LogP contribution in [0.5, 0.6) is 0 Å². The minimum atomic E-state index is 0.121. The zero-order chi connectivity index (χ0) is 25.4. The molecule has 4 aromatic rings. The minimum absolute atomic E-state index is 0.121. The number of carbonyl (C=O) groups excluding carboxylic acids is 1. The Kier molecular flexibility index (Phi) is 6.53. The lowest BCUT2D eigenvalue weighted by molar-refractivity contribution is 0.0695. The molecule has 2 aliphatic rings. The van der Waals surface area contributed by atoms with Crippen molar-refractivity contribution in [1.29, 1.82) is 0 Å². The molecule has 0 N–H and O–H groups in total. The molecule has 1 saturated heterocycles. The number of hydrogen-bond acceptors (Lipinski definition) is 4. The van der Waals surface area contributed by atoms with Crippen molar-refractivity contribution in [3.8, 4) is 0 Å². The first kappa shape index (κ1) is 23.9. The van der Waals surface area contributed by atoms with Gasteiger partial charge in [-0.1, -0.05) is 37.8 Å². The van der Waals surface area contributed by atoms with E-state index in [1.165, 1.54) is 31.5 Å². The summed E-state index contributed by atoms with van der Waals surface area (Å²) in [6.45, 7) is 6.31. The van der Waals surface area contributed by atoms with Gasteiger partial charge < -0.3 is 9.47 Å². The molecule has 7 heteroatoms. The van der Waals surface area contributed by atoms with E-state index >= 15 is 0 Å². The van der Waals surface area contributed by atoms with E-state index in [9.17, 15) is 4.79 Å². The zero-order valence-electron chi connectivity index (χ0n) is 21.9. The van der Waals surface area contributed by atoms with Gasteiger partial charge in [0, 0.05) is 43.0 Å². The number of aryl methyl sites for hydroxylation is 2. The molecule has 6 rings (SSSR count). The van der Waals surface area contributed by atoms with Gasteiger partial charge >= 0.3 is 0 Å². The molecule has 3 aromatic heterocycles. The van der Waals surface area contributed by atoms with Gasteiger partial charge in [0.15, 0.2) is 5.65 Å². The maximum absolute atomic E-state index is 13.3. The van der Waals surface area contributed by atoms with Crippen molar-refractivity contribution in [2.45, 2.75) is 71.4 Å². The summed E-state index contributed by atoms with van der Waals surface area (Å²) in [5, 5.41) is 4.55. The Labute approximate surface area is 218 Å². The molecule has 1 saturated carbocycles. The number of rotatable bonds is 6. The Morgan fingerprint density at radius 2 is 1.76 bits per heavy atom.